The van der Waals surface area contributed by atoms with Gasteiger partial charge in [0.05, 0.1) is 19.2 Å². The normalized spacial score (nSPS) is 11.2. The van der Waals surface area contributed by atoms with Crippen LogP contribution in [-0.2, 0) is 16.0 Å². The van der Waals surface area contributed by atoms with Gasteiger partial charge in [-0.2, -0.15) is 0 Å². The lowest BCUT2D eigenvalue weighted by Gasteiger charge is -2.35. The van der Waals surface area contributed by atoms with Gasteiger partial charge >= 0.3 is 0 Å². The van der Waals surface area contributed by atoms with Crippen LogP contribution in [0.5, 0.6) is 5.75 Å². The molecule has 0 atom stereocenters. The molecule has 1 heterocycles. The van der Waals surface area contributed by atoms with Gasteiger partial charge in [0.15, 0.2) is 5.13 Å². The first-order valence-corrected chi connectivity index (χ1v) is 9.59. The minimum Gasteiger partial charge on any atom is -0.497 e. The predicted octanol–water partition coefficient (Wildman–Crippen LogP) is 3.58. The monoisotopic (exact) mass is 389 g/mol. The molecular formula is C20H27N3O3S. The molecule has 1 aromatic heterocycles. The highest BCUT2D eigenvalue weighted by atomic mass is 32.1. The summed E-state index contributed by atoms with van der Waals surface area (Å²) in [5.74, 6) is 0.392. The molecule has 0 unspecified atom stereocenters. The fourth-order valence-electron chi connectivity index (χ4n) is 2.54. The van der Waals surface area contributed by atoms with E-state index in [0.717, 1.165) is 21.9 Å². The Kier molecular flexibility index (Phi) is 6.59. The van der Waals surface area contributed by atoms with Crippen LogP contribution in [0.2, 0.25) is 0 Å². The molecular weight excluding hydrogens is 362 g/mol. The average Bonchev–Trinajstić information content (AvgIpc) is 2.89. The number of methoxy groups -OCH3 is 1. The average molecular weight is 390 g/mol. The molecule has 0 radical (unpaired) electrons. The van der Waals surface area contributed by atoms with Crippen LogP contribution in [0.25, 0.3) is 0 Å². The van der Waals surface area contributed by atoms with Gasteiger partial charge in [0, 0.05) is 10.4 Å². The molecule has 146 valence electrons. The minimum atomic E-state index is -0.477. The lowest BCUT2D eigenvalue weighted by molar-refractivity contribution is -0.138. The molecule has 0 saturated heterocycles. The SMILES string of the molecule is COc1ccc(CC(=O)N(CC(=O)Nc2nc(C)c(C)s2)C(C)(C)C)cc1. The van der Waals surface area contributed by atoms with Crippen LogP contribution < -0.4 is 10.1 Å². The van der Waals surface area contributed by atoms with Crippen molar-refractivity contribution in [3.05, 3.63) is 40.4 Å². The Balaban J connectivity index is 2.06. The van der Waals surface area contributed by atoms with E-state index in [1.54, 1.807) is 12.0 Å². The Labute approximate surface area is 164 Å². The van der Waals surface area contributed by atoms with E-state index in [-0.39, 0.29) is 24.8 Å². The number of aromatic nitrogens is 1. The fraction of sp³-hybridized carbons (Fsp3) is 0.450. The number of nitrogens with zero attached hydrogens (tertiary/aromatic N) is 2. The van der Waals surface area contributed by atoms with E-state index in [1.807, 2.05) is 58.9 Å². The maximum atomic E-state index is 12.9. The lowest BCUT2D eigenvalue weighted by atomic mass is 10.0. The van der Waals surface area contributed by atoms with Crippen molar-refractivity contribution < 1.29 is 14.3 Å². The molecule has 0 bridgehead atoms. The van der Waals surface area contributed by atoms with Crippen LogP contribution in [0, 0.1) is 13.8 Å². The maximum absolute atomic E-state index is 12.9. The first-order valence-electron chi connectivity index (χ1n) is 8.77. The molecule has 6 nitrogen and oxygen atoms in total. The molecule has 7 heteroatoms. The largest absolute Gasteiger partial charge is 0.497 e. The number of hydrogen-bond donors (Lipinski definition) is 1. The molecule has 27 heavy (non-hydrogen) atoms. The van der Waals surface area contributed by atoms with Gasteiger partial charge in [0.25, 0.3) is 0 Å². The second kappa shape index (κ2) is 8.52. The molecule has 1 aromatic carbocycles. The van der Waals surface area contributed by atoms with E-state index < -0.39 is 5.54 Å². The number of carbonyl (C=O) groups excluding carboxylic acids is 2. The van der Waals surface area contributed by atoms with E-state index in [9.17, 15) is 9.59 Å². The Morgan fingerprint density at radius 1 is 1.19 bits per heavy atom. The summed E-state index contributed by atoms with van der Waals surface area (Å²) < 4.78 is 5.14. The van der Waals surface area contributed by atoms with Crippen molar-refractivity contribution >= 4 is 28.3 Å². The van der Waals surface area contributed by atoms with Crippen molar-refractivity contribution in [3.8, 4) is 5.75 Å². The van der Waals surface area contributed by atoms with Crippen molar-refractivity contribution in [1.29, 1.82) is 0 Å². The summed E-state index contributed by atoms with van der Waals surface area (Å²) in [4.78, 5) is 32.3. The Morgan fingerprint density at radius 2 is 1.81 bits per heavy atom. The van der Waals surface area contributed by atoms with Gasteiger partial charge in [-0.25, -0.2) is 4.98 Å². The van der Waals surface area contributed by atoms with Crippen molar-refractivity contribution in [2.24, 2.45) is 0 Å². The van der Waals surface area contributed by atoms with Gasteiger partial charge in [0.1, 0.15) is 12.3 Å². The summed E-state index contributed by atoms with van der Waals surface area (Å²) in [7, 11) is 1.60. The minimum absolute atomic E-state index is 0.0177. The number of carbonyl (C=O) groups is 2. The van der Waals surface area contributed by atoms with Crippen LogP contribution in [0.1, 0.15) is 36.9 Å². The van der Waals surface area contributed by atoms with E-state index in [2.05, 4.69) is 10.3 Å². The number of thiazole rings is 1. The first-order chi connectivity index (χ1) is 12.6. The molecule has 2 rings (SSSR count). The van der Waals surface area contributed by atoms with E-state index in [0.29, 0.717) is 5.13 Å². The Morgan fingerprint density at radius 3 is 2.30 bits per heavy atom. The van der Waals surface area contributed by atoms with Gasteiger partial charge in [-0.1, -0.05) is 12.1 Å². The third kappa shape index (κ3) is 5.79. The zero-order chi connectivity index (χ0) is 20.2. The van der Waals surface area contributed by atoms with Crippen molar-refractivity contribution in [1.82, 2.24) is 9.88 Å². The lowest BCUT2D eigenvalue weighted by Crippen LogP contribution is -2.49. The number of aryl methyl sites for hydroxylation is 2. The number of anilines is 1. The van der Waals surface area contributed by atoms with Gasteiger partial charge in [-0.15, -0.1) is 11.3 Å². The Hall–Kier alpha value is -2.41. The second-order valence-electron chi connectivity index (χ2n) is 7.38. The third-order valence-electron chi connectivity index (χ3n) is 4.20. The zero-order valence-electron chi connectivity index (χ0n) is 16.8. The standard InChI is InChI=1S/C20H27N3O3S/c1-13-14(2)27-19(21-13)22-17(24)12-23(20(3,4)5)18(25)11-15-7-9-16(26-6)10-8-15/h7-10H,11-12H2,1-6H3,(H,21,22,24). The number of amides is 2. The van der Waals surface area contributed by atoms with Crippen LogP contribution in [0.3, 0.4) is 0 Å². The van der Waals surface area contributed by atoms with Crippen LogP contribution >= 0.6 is 11.3 Å². The number of ether oxygens (including phenoxy) is 1. The zero-order valence-corrected chi connectivity index (χ0v) is 17.6. The first kappa shape index (κ1) is 20.9. The van der Waals surface area contributed by atoms with Crippen LogP contribution in [-0.4, -0.2) is 40.9 Å². The van der Waals surface area contributed by atoms with Gasteiger partial charge in [-0.05, 0) is 52.3 Å². The summed E-state index contributed by atoms with van der Waals surface area (Å²) in [6.07, 6.45) is 0.226. The Bertz CT molecular complexity index is 787. The topological polar surface area (TPSA) is 71.5 Å². The summed E-state index contributed by atoms with van der Waals surface area (Å²) in [6.45, 7) is 9.61. The predicted molar refractivity (Wildman–Crippen MR) is 108 cm³/mol. The van der Waals surface area contributed by atoms with Crippen LogP contribution in [0.15, 0.2) is 24.3 Å². The summed E-state index contributed by atoms with van der Waals surface area (Å²) in [5.41, 5.74) is 1.30. The number of hydrogen-bond acceptors (Lipinski definition) is 5. The molecule has 0 fully saturated rings. The smallest absolute Gasteiger partial charge is 0.245 e. The molecule has 0 saturated carbocycles. The molecule has 1 N–H and O–H groups in total. The van der Waals surface area contributed by atoms with E-state index >= 15 is 0 Å². The number of rotatable bonds is 6. The number of benzene rings is 1. The van der Waals surface area contributed by atoms with E-state index in [4.69, 9.17) is 4.74 Å². The molecule has 2 aromatic rings. The molecule has 2 amide bonds. The molecule has 0 aliphatic heterocycles. The van der Waals surface area contributed by atoms with Gasteiger partial charge in [-0.3, -0.25) is 9.59 Å². The fourth-order valence-corrected chi connectivity index (χ4v) is 3.37. The highest BCUT2D eigenvalue weighted by Gasteiger charge is 2.28. The van der Waals surface area contributed by atoms with Gasteiger partial charge in [0.2, 0.25) is 11.8 Å². The second-order valence-corrected chi connectivity index (χ2v) is 8.59. The highest BCUT2D eigenvalue weighted by Crippen LogP contribution is 2.22. The third-order valence-corrected chi connectivity index (χ3v) is 5.19. The number of nitrogens with one attached hydrogen (secondary N) is 1. The molecule has 0 aliphatic carbocycles. The molecule has 0 aliphatic rings. The molecule has 0 spiro atoms. The summed E-state index contributed by atoms with van der Waals surface area (Å²) >= 11 is 1.43. The van der Waals surface area contributed by atoms with Crippen molar-refractivity contribution in [3.63, 3.8) is 0 Å². The maximum Gasteiger partial charge on any atom is 0.245 e. The van der Waals surface area contributed by atoms with Gasteiger partial charge < -0.3 is 15.0 Å². The quantitative estimate of drug-likeness (QED) is 0.820. The summed E-state index contributed by atoms with van der Waals surface area (Å²) in [6, 6.07) is 7.37. The highest BCUT2D eigenvalue weighted by molar-refractivity contribution is 7.15. The van der Waals surface area contributed by atoms with Crippen molar-refractivity contribution in [2.75, 3.05) is 19.0 Å². The van der Waals surface area contributed by atoms with Crippen LogP contribution in [0.4, 0.5) is 5.13 Å². The summed E-state index contributed by atoms with van der Waals surface area (Å²) in [5, 5.41) is 3.36. The van der Waals surface area contributed by atoms with Crippen molar-refractivity contribution in [2.45, 2.75) is 46.6 Å². The van der Waals surface area contributed by atoms with E-state index in [1.165, 1.54) is 11.3 Å².